The minimum atomic E-state index is -0.0859. The van der Waals surface area contributed by atoms with Crippen molar-refractivity contribution in [3.05, 3.63) is 29.6 Å². The average Bonchev–Trinajstić information content (AvgIpc) is 3.68. The number of amides is 1. The summed E-state index contributed by atoms with van der Waals surface area (Å²) in [6, 6.07) is 6.37. The zero-order valence-corrected chi connectivity index (χ0v) is 18.3. The number of aromatic nitrogens is 3. The molecule has 5 rings (SSSR count). The van der Waals surface area contributed by atoms with Crippen LogP contribution in [0.25, 0.3) is 0 Å². The SMILES string of the molecule is CC(C)C(NC(=O)CSc1nnc(C2CC2)n1C1CC1)c1ccc2c(c1)OCCO2. The van der Waals surface area contributed by atoms with Crippen molar-refractivity contribution in [3.63, 3.8) is 0 Å². The minimum absolute atomic E-state index is 0.00640. The largest absolute Gasteiger partial charge is 0.486 e. The zero-order valence-electron chi connectivity index (χ0n) is 17.5. The Kier molecular flexibility index (Phi) is 5.35. The van der Waals surface area contributed by atoms with Gasteiger partial charge in [0.15, 0.2) is 16.7 Å². The summed E-state index contributed by atoms with van der Waals surface area (Å²) in [4.78, 5) is 12.8. The number of thioether (sulfide) groups is 1. The first kappa shape index (κ1) is 19.7. The standard InChI is InChI=1S/C22H28N4O3S/c1-13(2)20(15-5-8-17-18(11-15)29-10-9-28-17)23-19(27)12-30-22-25-24-21(14-3-4-14)26(22)16-6-7-16/h5,8,11,13-14,16,20H,3-4,6-7,9-10,12H2,1-2H3,(H,23,27). The number of ether oxygens (including phenoxy) is 2. The van der Waals surface area contributed by atoms with Crippen LogP contribution >= 0.6 is 11.8 Å². The average molecular weight is 429 g/mol. The summed E-state index contributed by atoms with van der Waals surface area (Å²) in [6.07, 6.45) is 4.80. The van der Waals surface area contributed by atoms with Crippen molar-refractivity contribution in [2.24, 2.45) is 5.92 Å². The van der Waals surface area contributed by atoms with Crippen LogP contribution < -0.4 is 14.8 Å². The highest BCUT2D eigenvalue weighted by molar-refractivity contribution is 7.99. The maximum absolute atomic E-state index is 12.8. The van der Waals surface area contributed by atoms with Crippen LogP contribution in [-0.4, -0.2) is 39.6 Å². The van der Waals surface area contributed by atoms with E-state index in [1.165, 1.54) is 37.4 Å². The Labute approximate surface area is 180 Å². The fraction of sp³-hybridized carbons (Fsp3) is 0.591. The van der Waals surface area contributed by atoms with Crippen molar-refractivity contribution in [2.75, 3.05) is 19.0 Å². The Morgan fingerprint density at radius 1 is 1.17 bits per heavy atom. The Bertz CT molecular complexity index is 936. The maximum Gasteiger partial charge on any atom is 0.230 e. The number of nitrogens with one attached hydrogen (secondary N) is 1. The lowest BCUT2D eigenvalue weighted by Crippen LogP contribution is -2.33. The highest BCUT2D eigenvalue weighted by Gasteiger charge is 2.36. The lowest BCUT2D eigenvalue weighted by molar-refractivity contribution is -0.119. The molecule has 1 aromatic heterocycles. The molecule has 1 N–H and O–H groups in total. The van der Waals surface area contributed by atoms with Gasteiger partial charge in [0.25, 0.3) is 0 Å². The highest BCUT2D eigenvalue weighted by Crippen LogP contribution is 2.46. The molecule has 2 heterocycles. The third-order valence-electron chi connectivity index (χ3n) is 5.79. The molecule has 0 saturated heterocycles. The first-order chi connectivity index (χ1) is 14.6. The topological polar surface area (TPSA) is 78.3 Å². The van der Waals surface area contributed by atoms with E-state index in [9.17, 15) is 4.79 Å². The van der Waals surface area contributed by atoms with Crippen LogP contribution in [0, 0.1) is 5.92 Å². The number of benzene rings is 1. The quantitative estimate of drug-likeness (QED) is 0.643. The molecule has 2 aromatic rings. The second-order valence-electron chi connectivity index (χ2n) is 8.70. The number of nitrogens with zero attached hydrogens (tertiary/aromatic N) is 3. The second kappa shape index (κ2) is 8.13. The molecule has 1 atom stereocenters. The van der Waals surface area contributed by atoms with Crippen LogP contribution in [0.1, 0.15) is 68.9 Å². The van der Waals surface area contributed by atoms with Crippen molar-refractivity contribution in [1.82, 2.24) is 20.1 Å². The van der Waals surface area contributed by atoms with Gasteiger partial charge in [-0.1, -0.05) is 31.7 Å². The van der Waals surface area contributed by atoms with Gasteiger partial charge in [0.2, 0.25) is 5.91 Å². The lowest BCUT2D eigenvalue weighted by atomic mass is 9.95. The number of hydrogen-bond donors (Lipinski definition) is 1. The summed E-state index contributed by atoms with van der Waals surface area (Å²) < 4.78 is 13.6. The Morgan fingerprint density at radius 2 is 1.93 bits per heavy atom. The Balaban J connectivity index is 1.25. The highest BCUT2D eigenvalue weighted by atomic mass is 32.2. The molecular formula is C22H28N4O3S. The zero-order chi connectivity index (χ0) is 20.7. The van der Waals surface area contributed by atoms with Crippen LogP contribution in [0.2, 0.25) is 0 Å². The van der Waals surface area contributed by atoms with Crippen LogP contribution in [0.15, 0.2) is 23.4 Å². The van der Waals surface area contributed by atoms with Gasteiger partial charge in [-0.05, 0) is 49.3 Å². The Morgan fingerprint density at radius 3 is 2.63 bits per heavy atom. The van der Waals surface area contributed by atoms with Crippen molar-refractivity contribution in [3.8, 4) is 11.5 Å². The van der Waals surface area contributed by atoms with Crippen LogP contribution in [0.4, 0.5) is 0 Å². The van der Waals surface area contributed by atoms with Gasteiger partial charge in [0, 0.05) is 12.0 Å². The molecule has 1 amide bonds. The van der Waals surface area contributed by atoms with Gasteiger partial charge in [-0.3, -0.25) is 4.79 Å². The third kappa shape index (κ3) is 4.15. The van der Waals surface area contributed by atoms with E-state index in [1.54, 1.807) is 0 Å². The molecule has 2 aliphatic carbocycles. The van der Waals surface area contributed by atoms with Crippen LogP contribution in [-0.2, 0) is 4.79 Å². The number of rotatable bonds is 8. The minimum Gasteiger partial charge on any atom is -0.486 e. The summed E-state index contributed by atoms with van der Waals surface area (Å²) >= 11 is 1.49. The van der Waals surface area contributed by atoms with E-state index in [-0.39, 0.29) is 17.9 Å². The first-order valence-corrected chi connectivity index (χ1v) is 11.8. The number of hydrogen-bond acceptors (Lipinski definition) is 6. The summed E-state index contributed by atoms with van der Waals surface area (Å²) in [7, 11) is 0. The molecule has 30 heavy (non-hydrogen) atoms. The summed E-state index contributed by atoms with van der Waals surface area (Å²) in [5.41, 5.74) is 1.03. The van der Waals surface area contributed by atoms with Crippen molar-refractivity contribution >= 4 is 17.7 Å². The normalized spacial score (nSPS) is 19.0. The number of fused-ring (bicyclic) bond motifs is 1. The van der Waals surface area contributed by atoms with Crippen LogP contribution in [0.3, 0.4) is 0 Å². The van der Waals surface area contributed by atoms with Gasteiger partial charge in [0.05, 0.1) is 11.8 Å². The van der Waals surface area contributed by atoms with E-state index in [1.807, 2.05) is 18.2 Å². The van der Waals surface area contributed by atoms with Crippen LogP contribution in [0.5, 0.6) is 11.5 Å². The molecule has 2 saturated carbocycles. The Hall–Kier alpha value is -2.22. The molecule has 0 bridgehead atoms. The van der Waals surface area contributed by atoms with E-state index in [0.717, 1.165) is 28.0 Å². The van der Waals surface area contributed by atoms with Crippen molar-refractivity contribution in [1.29, 1.82) is 0 Å². The summed E-state index contributed by atoms with van der Waals surface area (Å²) in [5.74, 6) is 3.80. The predicted molar refractivity (Wildman–Crippen MR) is 114 cm³/mol. The van der Waals surface area contributed by atoms with Gasteiger partial charge in [-0.2, -0.15) is 0 Å². The van der Waals surface area contributed by atoms with Gasteiger partial charge >= 0.3 is 0 Å². The maximum atomic E-state index is 12.8. The number of carbonyl (C=O) groups is 1. The van der Waals surface area contributed by atoms with Crippen molar-refractivity contribution in [2.45, 2.75) is 62.7 Å². The fourth-order valence-electron chi connectivity index (χ4n) is 3.92. The smallest absolute Gasteiger partial charge is 0.230 e. The first-order valence-electron chi connectivity index (χ1n) is 10.9. The monoisotopic (exact) mass is 428 g/mol. The van der Waals surface area contributed by atoms with E-state index in [0.29, 0.717) is 30.9 Å². The predicted octanol–water partition coefficient (Wildman–Crippen LogP) is 3.87. The van der Waals surface area contributed by atoms with Gasteiger partial charge in [-0.15, -0.1) is 10.2 Å². The molecule has 0 radical (unpaired) electrons. The molecule has 1 aliphatic heterocycles. The molecule has 1 aromatic carbocycles. The van der Waals surface area contributed by atoms with E-state index in [2.05, 4.69) is 33.9 Å². The van der Waals surface area contributed by atoms with E-state index < -0.39 is 0 Å². The molecule has 1 unspecified atom stereocenters. The summed E-state index contributed by atoms with van der Waals surface area (Å²) in [5, 5.41) is 12.9. The molecule has 3 aliphatic rings. The van der Waals surface area contributed by atoms with Crippen molar-refractivity contribution < 1.29 is 14.3 Å². The third-order valence-corrected chi connectivity index (χ3v) is 6.73. The molecule has 2 fully saturated rings. The van der Waals surface area contributed by atoms with Gasteiger partial charge < -0.3 is 19.4 Å². The molecule has 160 valence electrons. The molecular weight excluding hydrogens is 400 g/mol. The van der Waals surface area contributed by atoms with E-state index >= 15 is 0 Å². The lowest BCUT2D eigenvalue weighted by Gasteiger charge is -2.25. The second-order valence-corrected chi connectivity index (χ2v) is 9.64. The molecule has 7 nitrogen and oxygen atoms in total. The van der Waals surface area contributed by atoms with E-state index in [4.69, 9.17) is 9.47 Å². The number of carbonyl (C=O) groups excluding carboxylic acids is 1. The summed E-state index contributed by atoms with van der Waals surface area (Å²) in [6.45, 7) is 5.35. The molecule has 0 spiro atoms. The molecule has 8 heteroatoms. The van der Waals surface area contributed by atoms with Gasteiger partial charge in [-0.25, -0.2) is 0 Å². The van der Waals surface area contributed by atoms with Gasteiger partial charge in [0.1, 0.15) is 19.0 Å². The fourth-order valence-corrected chi connectivity index (χ4v) is 4.74.